The largest absolute Gasteiger partial charge is 0.496 e. The fourth-order valence-corrected chi connectivity index (χ4v) is 2.50. The molecule has 6 nitrogen and oxygen atoms in total. The van der Waals surface area contributed by atoms with Crippen LogP contribution in [0.25, 0.3) is 0 Å². The molecule has 1 amide bonds. The molecule has 1 N–H and O–H groups in total. The van der Waals surface area contributed by atoms with E-state index in [2.05, 4.69) is 5.32 Å². The monoisotopic (exact) mass is 300 g/mol. The van der Waals surface area contributed by atoms with E-state index < -0.39 is 10.0 Å². The van der Waals surface area contributed by atoms with E-state index in [9.17, 15) is 13.2 Å². The van der Waals surface area contributed by atoms with Crippen LogP contribution in [0, 0.1) is 0 Å². The Morgan fingerprint density at radius 3 is 2.50 bits per heavy atom. The van der Waals surface area contributed by atoms with Crippen LogP contribution in [0.5, 0.6) is 5.75 Å². The van der Waals surface area contributed by atoms with E-state index in [0.717, 1.165) is 10.7 Å². The van der Waals surface area contributed by atoms with Gasteiger partial charge in [0.15, 0.2) is 0 Å². The maximum Gasteiger partial charge on any atom is 0.255 e. The number of rotatable bonds is 6. The molecule has 0 aliphatic rings. The molecule has 0 unspecified atom stereocenters. The van der Waals surface area contributed by atoms with Gasteiger partial charge in [-0.25, -0.2) is 12.7 Å². The summed E-state index contributed by atoms with van der Waals surface area (Å²) in [6.45, 7) is 2.46. The highest BCUT2D eigenvalue weighted by atomic mass is 32.2. The molecule has 0 aliphatic carbocycles. The molecule has 0 aromatic heterocycles. The van der Waals surface area contributed by atoms with Gasteiger partial charge in [0.2, 0.25) is 10.0 Å². The Morgan fingerprint density at radius 1 is 1.35 bits per heavy atom. The lowest BCUT2D eigenvalue weighted by atomic mass is 10.2. The summed E-state index contributed by atoms with van der Waals surface area (Å²) in [5.41, 5.74) is 0.212. The summed E-state index contributed by atoms with van der Waals surface area (Å²) in [5, 5.41) is 2.70. The molecule has 0 saturated carbocycles. The van der Waals surface area contributed by atoms with Gasteiger partial charge in [0.05, 0.1) is 17.6 Å². The van der Waals surface area contributed by atoms with E-state index in [4.69, 9.17) is 4.74 Å². The number of ether oxygens (including phenoxy) is 1. The van der Waals surface area contributed by atoms with Gasteiger partial charge in [0.1, 0.15) is 5.75 Å². The Morgan fingerprint density at radius 2 is 2.00 bits per heavy atom. The minimum absolute atomic E-state index is 0.0601. The lowest BCUT2D eigenvalue weighted by Crippen LogP contribution is -2.26. The highest BCUT2D eigenvalue weighted by Crippen LogP contribution is 2.23. The van der Waals surface area contributed by atoms with Crippen LogP contribution < -0.4 is 10.1 Å². The van der Waals surface area contributed by atoms with Gasteiger partial charge in [-0.15, -0.1) is 0 Å². The summed E-state index contributed by atoms with van der Waals surface area (Å²) in [4.78, 5) is 12.1. The topological polar surface area (TPSA) is 75.7 Å². The standard InChI is InChI=1S/C13H20N2O4S/c1-5-8-14-13(16)11-9-10(6-7-12(11)19-4)20(17,18)15(2)3/h6-7,9H,5,8H2,1-4H3,(H,14,16). The van der Waals surface area contributed by atoms with Crippen molar-refractivity contribution in [2.24, 2.45) is 0 Å². The lowest BCUT2D eigenvalue weighted by molar-refractivity contribution is 0.0950. The zero-order valence-corrected chi connectivity index (χ0v) is 13.0. The van der Waals surface area contributed by atoms with Gasteiger partial charge in [0.25, 0.3) is 5.91 Å². The van der Waals surface area contributed by atoms with Crippen molar-refractivity contribution in [2.45, 2.75) is 18.2 Å². The van der Waals surface area contributed by atoms with Gasteiger partial charge >= 0.3 is 0 Å². The molecule has 0 saturated heterocycles. The van der Waals surface area contributed by atoms with E-state index in [0.29, 0.717) is 12.3 Å². The first-order chi connectivity index (χ1) is 9.34. The predicted octanol–water partition coefficient (Wildman–Crippen LogP) is 1.09. The van der Waals surface area contributed by atoms with Gasteiger partial charge in [-0.3, -0.25) is 4.79 Å². The van der Waals surface area contributed by atoms with Crippen molar-refractivity contribution in [3.63, 3.8) is 0 Å². The first-order valence-electron chi connectivity index (χ1n) is 6.23. The van der Waals surface area contributed by atoms with Gasteiger partial charge < -0.3 is 10.1 Å². The highest BCUT2D eigenvalue weighted by molar-refractivity contribution is 7.89. The molecule has 0 atom stereocenters. The minimum Gasteiger partial charge on any atom is -0.496 e. The molecule has 0 aliphatic heterocycles. The Labute approximate surface area is 119 Å². The van der Waals surface area contributed by atoms with Crippen molar-refractivity contribution in [3.8, 4) is 5.75 Å². The normalized spacial score (nSPS) is 11.4. The fraction of sp³-hybridized carbons (Fsp3) is 0.462. The Hall–Kier alpha value is -1.60. The smallest absolute Gasteiger partial charge is 0.255 e. The molecule has 20 heavy (non-hydrogen) atoms. The second-order valence-electron chi connectivity index (χ2n) is 4.41. The lowest BCUT2D eigenvalue weighted by Gasteiger charge is -2.14. The second-order valence-corrected chi connectivity index (χ2v) is 6.56. The molecule has 7 heteroatoms. The van der Waals surface area contributed by atoms with Crippen molar-refractivity contribution in [1.29, 1.82) is 0 Å². The van der Waals surface area contributed by atoms with Crippen LogP contribution in [0.1, 0.15) is 23.7 Å². The van der Waals surface area contributed by atoms with Crippen molar-refractivity contribution in [1.82, 2.24) is 9.62 Å². The molecule has 0 spiro atoms. The predicted molar refractivity (Wildman–Crippen MR) is 76.5 cm³/mol. The summed E-state index contributed by atoms with van der Waals surface area (Å²) in [7, 11) is 0.738. The third-order valence-electron chi connectivity index (χ3n) is 2.73. The molecule has 0 fully saturated rings. The molecule has 0 heterocycles. The van der Waals surface area contributed by atoms with Crippen LogP contribution in [0.4, 0.5) is 0 Å². The van der Waals surface area contributed by atoms with E-state index in [1.54, 1.807) is 0 Å². The summed E-state index contributed by atoms with van der Waals surface area (Å²) in [5.74, 6) is -0.00387. The molecule has 1 aromatic rings. The van der Waals surface area contributed by atoms with E-state index >= 15 is 0 Å². The van der Waals surface area contributed by atoms with Crippen LogP contribution in [0.3, 0.4) is 0 Å². The number of hydrogen-bond acceptors (Lipinski definition) is 4. The number of benzene rings is 1. The van der Waals surface area contributed by atoms with Crippen molar-refractivity contribution >= 4 is 15.9 Å². The number of nitrogens with one attached hydrogen (secondary N) is 1. The van der Waals surface area contributed by atoms with Crippen LogP contribution in [-0.2, 0) is 10.0 Å². The molecular formula is C13H20N2O4S. The zero-order valence-electron chi connectivity index (χ0n) is 12.1. The van der Waals surface area contributed by atoms with Crippen LogP contribution >= 0.6 is 0 Å². The van der Waals surface area contributed by atoms with Gasteiger partial charge in [-0.1, -0.05) is 6.92 Å². The number of nitrogens with zero attached hydrogens (tertiary/aromatic N) is 1. The van der Waals surface area contributed by atoms with Crippen molar-refractivity contribution in [2.75, 3.05) is 27.7 Å². The van der Waals surface area contributed by atoms with Gasteiger partial charge in [-0.2, -0.15) is 0 Å². The summed E-state index contributed by atoms with van der Waals surface area (Å²) in [6, 6.07) is 4.24. The average molecular weight is 300 g/mol. The molecule has 1 aromatic carbocycles. The van der Waals surface area contributed by atoms with E-state index in [-0.39, 0.29) is 16.4 Å². The number of methoxy groups -OCH3 is 1. The zero-order chi connectivity index (χ0) is 15.3. The van der Waals surface area contributed by atoms with E-state index in [1.807, 2.05) is 6.92 Å². The molecular weight excluding hydrogens is 280 g/mol. The number of carbonyl (C=O) groups excluding carboxylic acids is 1. The second kappa shape index (κ2) is 6.71. The van der Waals surface area contributed by atoms with Crippen molar-refractivity contribution in [3.05, 3.63) is 23.8 Å². The molecule has 1 rings (SSSR count). The fourth-order valence-electron chi connectivity index (χ4n) is 1.57. The number of sulfonamides is 1. The highest BCUT2D eigenvalue weighted by Gasteiger charge is 2.21. The van der Waals surface area contributed by atoms with Crippen LogP contribution in [0.2, 0.25) is 0 Å². The van der Waals surface area contributed by atoms with Gasteiger partial charge in [0, 0.05) is 20.6 Å². The summed E-state index contributed by atoms with van der Waals surface area (Å²) < 4.78 is 30.4. The maximum atomic E-state index is 12.1. The summed E-state index contributed by atoms with van der Waals surface area (Å²) >= 11 is 0. The third-order valence-corrected chi connectivity index (χ3v) is 4.54. The maximum absolute atomic E-state index is 12.1. The van der Waals surface area contributed by atoms with E-state index in [1.165, 1.54) is 39.4 Å². The van der Waals surface area contributed by atoms with Crippen molar-refractivity contribution < 1.29 is 17.9 Å². The molecule has 0 radical (unpaired) electrons. The first-order valence-corrected chi connectivity index (χ1v) is 7.67. The quantitative estimate of drug-likeness (QED) is 0.853. The van der Waals surface area contributed by atoms with Crippen LogP contribution in [-0.4, -0.2) is 46.4 Å². The Kier molecular flexibility index (Phi) is 5.52. The number of amides is 1. The van der Waals surface area contributed by atoms with Crippen LogP contribution in [0.15, 0.2) is 23.1 Å². The third kappa shape index (κ3) is 3.49. The number of hydrogen-bond donors (Lipinski definition) is 1. The average Bonchev–Trinajstić information content (AvgIpc) is 2.43. The Balaban J connectivity index is 3.25. The minimum atomic E-state index is -3.58. The molecule has 0 bridgehead atoms. The SMILES string of the molecule is CCCNC(=O)c1cc(S(=O)(=O)N(C)C)ccc1OC. The molecule has 112 valence electrons. The number of carbonyl (C=O) groups is 1. The Bertz CT molecular complexity index is 582. The first kappa shape index (κ1) is 16.5. The van der Waals surface area contributed by atoms with Gasteiger partial charge in [-0.05, 0) is 24.6 Å². The summed E-state index contributed by atoms with van der Waals surface area (Å²) in [6.07, 6.45) is 0.795.